The van der Waals surface area contributed by atoms with Crippen LogP contribution in [-0.2, 0) is 10.8 Å². The molecule has 0 bridgehead atoms. The molecule has 1 aliphatic carbocycles. The molecule has 0 heterocycles. The summed E-state index contributed by atoms with van der Waals surface area (Å²) in [6, 6.07) is 0. The first-order chi connectivity index (χ1) is 6.69. The molecule has 0 saturated heterocycles. The van der Waals surface area contributed by atoms with Gasteiger partial charge in [0.15, 0.2) is 0 Å². The molecule has 1 saturated carbocycles. The van der Waals surface area contributed by atoms with E-state index in [-0.39, 0.29) is 0 Å². The van der Waals surface area contributed by atoms with Gasteiger partial charge in [-0.15, -0.1) is 0 Å². The van der Waals surface area contributed by atoms with Gasteiger partial charge in [0.2, 0.25) is 0 Å². The molecule has 0 aliphatic heterocycles. The Bertz CT molecular complexity index is 196. The van der Waals surface area contributed by atoms with Crippen molar-refractivity contribution in [3.63, 3.8) is 0 Å². The van der Waals surface area contributed by atoms with Gasteiger partial charge < -0.3 is 5.73 Å². The van der Waals surface area contributed by atoms with E-state index in [0.29, 0.717) is 17.7 Å². The van der Waals surface area contributed by atoms with Crippen molar-refractivity contribution < 1.29 is 4.21 Å². The van der Waals surface area contributed by atoms with Gasteiger partial charge in [-0.25, -0.2) is 0 Å². The van der Waals surface area contributed by atoms with E-state index in [9.17, 15) is 4.21 Å². The Balaban J connectivity index is 2.56. The Morgan fingerprint density at radius 2 is 2.14 bits per heavy atom. The molecule has 0 amide bonds. The highest BCUT2D eigenvalue weighted by Gasteiger charge is 2.31. The lowest BCUT2D eigenvalue weighted by molar-refractivity contribution is 0.302. The predicted molar refractivity (Wildman–Crippen MR) is 62.6 cm³/mol. The van der Waals surface area contributed by atoms with Gasteiger partial charge in [0.1, 0.15) is 0 Å². The average molecular weight is 217 g/mol. The Hall–Kier alpha value is 0.110. The van der Waals surface area contributed by atoms with Crippen LogP contribution in [0.5, 0.6) is 0 Å². The van der Waals surface area contributed by atoms with E-state index in [1.54, 1.807) is 0 Å². The highest BCUT2D eigenvalue weighted by atomic mass is 32.2. The standard InChI is InChI=1S/C11H23NOS/c1-3-6-14(13)11-7-9(2)4-5-10(11)8-12/h9-11H,3-8,12H2,1-2H3. The van der Waals surface area contributed by atoms with E-state index in [2.05, 4.69) is 13.8 Å². The second-order valence-corrected chi connectivity index (χ2v) is 6.31. The molecule has 3 heteroatoms. The number of nitrogens with two attached hydrogens (primary N) is 1. The monoisotopic (exact) mass is 217 g/mol. The summed E-state index contributed by atoms with van der Waals surface area (Å²) in [7, 11) is -0.637. The van der Waals surface area contributed by atoms with Crippen molar-refractivity contribution in [2.24, 2.45) is 17.6 Å². The summed E-state index contributed by atoms with van der Waals surface area (Å²) in [5, 5.41) is 0.378. The van der Waals surface area contributed by atoms with E-state index < -0.39 is 10.8 Å². The van der Waals surface area contributed by atoms with Crippen LogP contribution in [0, 0.1) is 11.8 Å². The zero-order valence-electron chi connectivity index (χ0n) is 9.37. The third kappa shape index (κ3) is 3.06. The Kier molecular flexibility index (Phi) is 5.10. The van der Waals surface area contributed by atoms with E-state index in [1.165, 1.54) is 12.8 Å². The summed E-state index contributed by atoms with van der Waals surface area (Å²) in [4.78, 5) is 0. The zero-order valence-corrected chi connectivity index (χ0v) is 10.2. The maximum absolute atomic E-state index is 12.0. The van der Waals surface area contributed by atoms with Crippen LogP contribution in [0.15, 0.2) is 0 Å². The van der Waals surface area contributed by atoms with Gasteiger partial charge in [0, 0.05) is 21.8 Å². The highest BCUT2D eigenvalue weighted by Crippen LogP contribution is 2.31. The minimum Gasteiger partial charge on any atom is -0.330 e. The van der Waals surface area contributed by atoms with Crippen LogP contribution in [0.2, 0.25) is 0 Å². The van der Waals surface area contributed by atoms with E-state index in [0.717, 1.165) is 24.5 Å². The molecule has 4 atom stereocenters. The molecule has 1 fully saturated rings. The van der Waals surface area contributed by atoms with Gasteiger partial charge >= 0.3 is 0 Å². The molecule has 1 rings (SSSR count). The lowest BCUT2D eigenvalue weighted by Crippen LogP contribution is -2.37. The van der Waals surface area contributed by atoms with Crippen molar-refractivity contribution in [1.82, 2.24) is 0 Å². The number of hydrogen-bond donors (Lipinski definition) is 1. The largest absolute Gasteiger partial charge is 0.330 e. The fraction of sp³-hybridized carbons (Fsp3) is 1.00. The SMILES string of the molecule is CCCS(=O)C1CC(C)CCC1CN. The number of hydrogen-bond acceptors (Lipinski definition) is 2. The highest BCUT2D eigenvalue weighted by molar-refractivity contribution is 7.85. The molecule has 0 radical (unpaired) electrons. The molecule has 2 nitrogen and oxygen atoms in total. The van der Waals surface area contributed by atoms with Crippen LogP contribution in [0.25, 0.3) is 0 Å². The van der Waals surface area contributed by atoms with Crippen LogP contribution < -0.4 is 5.73 Å². The summed E-state index contributed by atoms with van der Waals surface area (Å²) >= 11 is 0. The molecule has 0 aromatic rings. The fourth-order valence-corrected chi connectivity index (χ4v) is 4.26. The first-order valence-electron chi connectivity index (χ1n) is 5.76. The van der Waals surface area contributed by atoms with Crippen LogP contribution in [0.3, 0.4) is 0 Å². The van der Waals surface area contributed by atoms with Crippen LogP contribution in [-0.4, -0.2) is 21.8 Å². The molecule has 0 aromatic heterocycles. The maximum atomic E-state index is 12.0. The van der Waals surface area contributed by atoms with Gasteiger partial charge in [-0.1, -0.05) is 20.3 Å². The minimum absolute atomic E-state index is 0.378. The molecule has 4 unspecified atom stereocenters. The van der Waals surface area contributed by atoms with Crippen molar-refractivity contribution in [3.8, 4) is 0 Å². The third-order valence-corrected chi connectivity index (χ3v) is 5.30. The maximum Gasteiger partial charge on any atom is 0.0390 e. The van der Waals surface area contributed by atoms with Crippen molar-refractivity contribution in [3.05, 3.63) is 0 Å². The van der Waals surface area contributed by atoms with Gasteiger partial charge in [-0.2, -0.15) is 0 Å². The molecule has 0 aromatic carbocycles. The van der Waals surface area contributed by atoms with Crippen molar-refractivity contribution in [1.29, 1.82) is 0 Å². The van der Waals surface area contributed by atoms with Gasteiger partial charge in [-0.3, -0.25) is 4.21 Å². The first-order valence-corrected chi connectivity index (χ1v) is 7.14. The van der Waals surface area contributed by atoms with Crippen molar-refractivity contribution >= 4 is 10.8 Å². The summed E-state index contributed by atoms with van der Waals surface area (Å²) in [6.07, 6.45) is 4.59. The van der Waals surface area contributed by atoms with Crippen molar-refractivity contribution in [2.45, 2.75) is 44.8 Å². The normalized spacial score (nSPS) is 35.5. The van der Waals surface area contributed by atoms with E-state index in [1.807, 2.05) is 0 Å². The lowest BCUT2D eigenvalue weighted by atomic mass is 9.82. The number of rotatable bonds is 4. The second-order valence-electron chi connectivity index (χ2n) is 4.54. The molecule has 1 aliphatic rings. The van der Waals surface area contributed by atoms with Crippen LogP contribution in [0.4, 0.5) is 0 Å². The van der Waals surface area contributed by atoms with Gasteiger partial charge in [0.25, 0.3) is 0 Å². The Morgan fingerprint density at radius 1 is 1.43 bits per heavy atom. The van der Waals surface area contributed by atoms with Gasteiger partial charge in [0.05, 0.1) is 0 Å². The fourth-order valence-electron chi connectivity index (χ4n) is 2.34. The lowest BCUT2D eigenvalue weighted by Gasteiger charge is -2.33. The topological polar surface area (TPSA) is 43.1 Å². The minimum atomic E-state index is -0.637. The smallest absolute Gasteiger partial charge is 0.0390 e. The van der Waals surface area contributed by atoms with Crippen LogP contribution in [0.1, 0.15) is 39.5 Å². The zero-order chi connectivity index (χ0) is 10.6. The summed E-state index contributed by atoms with van der Waals surface area (Å²) in [5.41, 5.74) is 5.74. The second kappa shape index (κ2) is 5.86. The molecular weight excluding hydrogens is 194 g/mol. The van der Waals surface area contributed by atoms with Crippen LogP contribution >= 0.6 is 0 Å². The Morgan fingerprint density at radius 3 is 2.71 bits per heavy atom. The van der Waals surface area contributed by atoms with E-state index >= 15 is 0 Å². The molecular formula is C11H23NOS. The summed E-state index contributed by atoms with van der Waals surface area (Å²) in [6.45, 7) is 5.08. The quantitative estimate of drug-likeness (QED) is 0.781. The third-order valence-electron chi connectivity index (χ3n) is 3.24. The molecule has 14 heavy (non-hydrogen) atoms. The van der Waals surface area contributed by atoms with Gasteiger partial charge in [-0.05, 0) is 37.6 Å². The molecule has 0 spiro atoms. The predicted octanol–water partition coefficient (Wildman–Crippen LogP) is 1.91. The van der Waals surface area contributed by atoms with Crippen molar-refractivity contribution in [2.75, 3.05) is 12.3 Å². The Labute approximate surface area is 90.1 Å². The first kappa shape index (κ1) is 12.2. The molecule has 2 N–H and O–H groups in total. The summed E-state index contributed by atoms with van der Waals surface area (Å²) < 4.78 is 12.0. The average Bonchev–Trinajstić information content (AvgIpc) is 2.18. The molecule has 84 valence electrons. The van der Waals surface area contributed by atoms with E-state index in [4.69, 9.17) is 5.73 Å². The summed E-state index contributed by atoms with van der Waals surface area (Å²) in [5.74, 6) is 2.11.